The highest BCUT2D eigenvalue weighted by atomic mass is 31.2. The van der Waals surface area contributed by atoms with Crippen LogP contribution in [0.1, 0.15) is 386 Å². The van der Waals surface area contributed by atoms with Crippen molar-refractivity contribution < 1.29 is 42.1 Å². The smallest absolute Gasteiger partial charge is 0.306 e. The van der Waals surface area contributed by atoms with Gasteiger partial charge in [-0.2, -0.15) is 0 Å². The summed E-state index contributed by atoms with van der Waals surface area (Å²) in [6, 6.07) is 0. The van der Waals surface area contributed by atoms with E-state index in [0.29, 0.717) is 17.4 Å². The van der Waals surface area contributed by atoms with Crippen molar-refractivity contribution in [1.29, 1.82) is 0 Å². The number of quaternary nitrogens is 1. The largest absolute Gasteiger partial charge is 0.756 e. The van der Waals surface area contributed by atoms with E-state index in [2.05, 4.69) is 86.8 Å². The van der Waals surface area contributed by atoms with E-state index in [1.165, 1.54) is 283 Å². The van der Waals surface area contributed by atoms with Gasteiger partial charge in [-0.1, -0.05) is 363 Å². The molecule has 2 unspecified atom stereocenters. The predicted octanol–water partition coefficient (Wildman–Crippen LogP) is 25.7. The van der Waals surface area contributed by atoms with E-state index >= 15 is 0 Å². The quantitative estimate of drug-likeness (QED) is 0.0195. The van der Waals surface area contributed by atoms with Gasteiger partial charge in [-0.05, 0) is 83.5 Å². The zero-order valence-corrected chi connectivity index (χ0v) is 62.4. The molecule has 0 heterocycles. The number of ether oxygens (including phenoxy) is 2. The monoisotopic (exact) mass is 1310 g/mol. The lowest BCUT2D eigenvalue weighted by Crippen LogP contribution is -2.37. The van der Waals surface area contributed by atoms with Gasteiger partial charge in [0, 0.05) is 12.8 Å². The molecule has 538 valence electrons. The van der Waals surface area contributed by atoms with Gasteiger partial charge >= 0.3 is 11.9 Å². The Balaban J connectivity index is 3.90. The van der Waals surface area contributed by atoms with Gasteiger partial charge in [0.1, 0.15) is 19.8 Å². The fraction of sp³-hybridized carbons (Fsp3) is 0.829. The molecule has 92 heavy (non-hydrogen) atoms. The van der Waals surface area contributed by atoms with Crippen molar-refractivity contribution in [3.05, 3.63) is 72.9 Å². The molecule has 0 rings (SSSR count). The molecule has 0 aliphatic carbocycles. The third kappa shape index (κ3) is 76.5. The third-order valence-corrected chi connectivity index (χ3v) is 18.7. The van der Waals surface area contributed by atoms with E-state index in [-0.39, 0.29) is 32.0 Å². The molecule has 0 saturated heterocycles. The molecule has 10 heteroatoms. The first-order valence-corrected chi connectivity index (χ1v) is 41.1. The normalized spacial score (nSPS) is 13.4. The number of allylic oxidation sites excluding steroid dienone is 12. The number of phosphoric acid groups is 1. The Morgan fingerprint density at radius 2 is 0.620 bits per heavy atom. The highest BCUT2D eigenvalue weighted by molar-refractivity contribution is 7.45. The molecule has 0 aromatic heterocycles. The number of esters is 2. The van der Waals surface area contributed by atoms with Gasteiger partial charge in [0.2, 0.25) is 0 Å². The van der Waals surface area contributed by atoms with Crippen molar-refractivity contribution >= 4 is 19.8 Å². The highest BCUT2D eigenvalue weighted by Crippen LogP contribution is 2.38. The summed E-state index contributed by atoms with van der Waals surface area (Å²) >= 11 is 0. The fourth-order valence-corrected chi connectivity index (χ4v) is 12.4. The van der Waals surface area contributed by atoms with Crippen LogP contribution in [0.4, 0.5) is 0 Å². The minimum atomic E-state index is -4.64. The zero-order chi connectivity index (χ0) is 66.9. The Morgan fingerprint density at radius 3 is 0.924 bits per heavy atom. The van der Waals surface area contributed by atoms with Gasteiger partial charge in [-0.25, -0.2) is 0 Å². The summed E-state index contributed by atoms with van der Waals surface area (Å²) in [6.07, 6.45) is 98.9. The number of phosphoric ester groups is 1. The molecule has 9 nitrogen and oxygen atoms in total. The summed E-state index contributed by atoms with van der Waals surface area (Å²) in [4.78, 5) is 38.2. The summed E-state index contributed by atoms with van der Waals surface area (Å²) < 4.78 is 34.4. The average molecular weight is 1310 g/mol. The van der Waals surface area contributed by atoms with E-state index in [1.807, 2.05) is 21.1 Å². The molecule has 0 fully saturated rings. The van der Waals surface area contributed by atoms with Gasteiger partial charge in [0.15, 0.2) is 6.10 Å². The SMILES string of the molecule is CC/C=C\C/C=C\C/C=C\C/C=C\CCCCCCCCCCCCCCCCCCC(=O)OC(COC(=O)CCCCCCCCCCCCCCCCCCCCCCCCCCCCC/C=C\C/C=C\CCCCCCC)COP(=O)([O-])OCC[N+](C)(C)C. The van der Waals surface area contributed by atoms with Gasteiger partial charge in [-0.15, -0.1) is 0 Å². The van der Waals surface area contributed by atoms with Crippen LogP contribution < -0.4 is 4.89 Å². The Morgan fingerprint density at radius 1 is 0.348 bits per heavy atom. The van der Waals surface area contributed by atoms with Crippen LogP contribution >= 0.6 is 7.82 Å². The van der Waals surface area contributed by atoms with Crippen LogP contribution in [-0.4, -0.2) is 70.0 Å². The highest BCUT2D eigenvalue weighted by Gasteiger charge is 2.22. The van der Waals surface area contributed by atoms with Crippen LogP contribution in [0.15, 0.2) is 72.9 Å². The Kier molecular flexibility index (Phi) is 70.7. The van der Waals surface area contributed by atoms with Crippen molar-refractivity contribution in [3.8, 4) is 0 Å². The second-order valence-corrected chi connectivity index (χ2v) is 29.5. The number of carbonyl (C=O) groups excluding carboxylic acids is 2. The van der Waals surface area contributed by atoms with E-state index in [4.69, 9.17) is 18.5 Å². The lowest BCUT2D eigenvalue weighted by molar-refractivity contribution is -0.870. The second-order valence-electron chi connectivity index (χ2n) is 28.0. The standard InChI is InChI=1S/C82H152NO8P/c1-6-8-10-12-14-16-18-20-22-24-26-28-30-32-34-36-37-38-39-40-41-42-43-44-45-47-48-50-52-54-56-58-60-62-64-66-68-70-72-74-81(84)88-78-80(79-90-92(86,87)89-77-76-83(3,4)5)91-82(85)75-73-71-69-67-65-63-61-59-57-55-53-51-49-46-35-33-31-29-27-25-23-21-19-17-15-13-11-9-7-2/h9,11,15,17-18,20-21,23-24,26-27,29,80H,6-8,10,12-14,16,19,22,25,28,30-79H2,1-5H3/b11-9-,17-15-,20-18-,23-21-,26-24-,29-27-. The van der Waals surface area contributed by atoms with Gasteiger partial charge in [-0.3, -0.25) is 14.2 Å². The molecule has 0 aromatic rings. The fourth-order valence-electron chi connectivity index (χ4n) is 11.7. The zero-order valence-electron chi connectivity index (χ0n) is 61.5. The van der Waals surface area contributed by atoms with Gasteiger partial charge in [0.25, 0.3) is 7.82 Å². The van der Waals surface area contributed by atoms with Crippen molar-refractivity contribution in [2.45, 2.75) is 392 Å². The van der Waals surface area contributed by atoms with E-state index in [1.54, 1.807) is 0 Å². The first-order chi connectivity index (χ1) is 45.0. The molecule has 0 bridgehead atoms. The molecule has 0 saturated carbocycles. The molecule has 0 aliphatic rings. The van der Waals surface area contributed by atoms with Crippen molar-refractivity contribution in [3.63, 3.8) is 0 Å². The first-order valence-electron chi connectivity index (χ1n) is 39.6. The lowest BCUT2D eigenvalue weighted by atomic mass is 10.0. The molecule has 0 N–H and O–H groups in total. The minimum absolute atomic E-state index is 0.0299. The minimum Gasteiger partial charge on any atom is -0.756 e. The Bertz CT molecular complexity index is 1780. The van der Waals surface area contributed by atoms with Gasteiger partial charge < -0.3 is 27.9 Å². The molecule has 0 aliphatic heterocycles. The molecule has 0 aromatic carbocycles. The van der Waals surface area contributed by atoms with Crippen molar-refractivity contribution in [2.75, 3.05) is 47.5 Å². The summed E-state index contributed by atoms with van der Waals surface area (Å²) in [7, 11) is 1.18. The van der Waals surface area contributed by atoms with Crippen LogP contribution in [0.25, 0.3) is 0 Å². The lowest BCUT2D eigenvalue weighted by Gasteiger charge is -2.28. The van der Waals surface area contributed by atoms with Crippen LogP contribution in [-0.2, 0) is 32.7 Å². The first kappa shape index (κ1) is 89.5. The maximum absolute atomic E-state index is 12.9. The second kappa shape index (κ2) is 72.7. The Labute approximate surface area is 571 Å². The summed E-state index contributed by atoms with van der Waals surface area (Å²) in [5, 5.41) is 0. The van der Waals surface area contributed by atoms with Crippen LogP contribution in [0, 0.1) is 0 Å². The van der Waals surface area contributed by atoms with Crippen molar-refractivity contribution in [1.82, 2.24) is 0 Å². The average Bonchev–Trinajstić information content (AvgIpc) is 2.14. The molecular weight excluding hydrogens is 1160 g/mol. The number of hydrogen-bond donors (Lipinski definition) is 0. The number of nitrogens with zero attached hydrogens (tertiary/aromatic N) is 1. The third-order valence-electron chi connectivity index (χ3n) is 17.7. The predicted molar refractivity (Wildman–Crippen MR) is 397 cm³/mol. The van der Waals surface area contributed by atoms with E-state index in [0.717, 1.165) is 70.6 Å². The summed E-state index contributed by atoms with van der Waals surface area (Å²) in [5.41, 5.74) is 0. The maximum atomic E-state index is 12.9. The number of hydrogen-bond acceptors (Lipinski definition) is 8. The van der Waals surface area contributed by atoms with Crippen LogP contribution in [0.3, 0.4) is 0 Å². The topological polar surface area (TPSA) is 111 Å². The number of carbonyl (C=O) groups is 2. The molecule has 0 radical (unpaired) electrons. The van der Waals surface area contributed by atoms with E-state index < -0.39 is 26.5 Å². The summed E-state index contributed by atoms with van der Waals surface area (Å²) in [6.45, 7) is 4.18. The molecule has 0 amide bonds. The maximum Gasteiger partial charge on any atom is 0.306 e. The van der Waals surface area contributed by atoms with E-state index in [9.17, 15) is 19.0 Å². The van der Waals surface area contributed by atoms with Crippen LogP contribution in [0.5, 0.6) is 0 Å². The van der Waals surface area contributed by atoms with Crippen LogP contribution in [0.2, 0.25) is 0 Å². The molecular formula is C82H152NO8P. The number of rotatable bonds is 74. The molecule has 0 spiro atoms. The van der Waals surface area contributed by atoms with Gasteiger partial charge in [0.05, 0.1) is 27.7 Å². The molecule has 2 atom stereocenters. The van der Waals surface area contributed by atoms with Crippen molar-refractivity contribution in [2.24, 2.45) is 0 Å². The number of likely N-dealkylation sites (N-methyl/N-ethyl adjacent to an activating group) is 1. The number of unbranched alkanes of at least 4 members (excludes halogenated alkanes) is 48. The summed E-state index contributed by atoms with van der Waals surface area (Å²) in [5.74, 6) is -0.814. The Hall–Kier alpha value is -2.55.